The topological polar surface area (TPSA) is 30.2 Å². The molecule has 0 radical (unpaired) electrons. The first kappa shape index (κ1) is 10.7. The van der Waals surface area contributed by atoms with Crippen molar-refractivity contribution < 1.29 is 0 Å². The normalized spacial score (nSPS) is 10.9. The van der Waals surface area contributed by atoms with Gasteiger partial charge in [-0.25, -0.2) is 9.50 Å². The summed E-state index contributed by atoms with van der Waals surface area (Å²) in [5.41, 5.74) is 2.53. The standard InChI is InChI=1S/C12H7BrClN3/c13-8-2-3-9(10(14)6-8)11-7-12-15-4-1-5-17(12)16-11/h1-7H. The molecule has 0 spiro atoms. The van der Waals surface area contributed by atoms with Gasteiger partial charge in [0.25, 0.3) is 0 Å². The van der Waals surface area contributed by atoms with Crippen LogP contribution in [0.25, 0.3) is 16.9 Å². The van der Waals surface area contributed by atoms with E-state index in [1.807, 2.05) is 36.5 Å². The van der Waals surface area contributed by atoms with Gasteiger partial charge >= 0.3 is 0 Å². The molecule has 0 unspecified atom stereocenters. The lowest BCUT2D eigenvalue weighted by atomic mass is 10.1. The van der Waals surface area contributed by atoms with E-state index in [0.717, 1.165) is 21.4 Å². The van der Waals surface area contributed by atoms with E-state index in [9.17, 15) is 0 Å². The van der Waals surface area contributed by atoms with Crippen molar-refractivity contribution in [2.24, 2.45) is 0 Å². The molecule has 2 heterocycles. The summed E-state index contributed by atoms with van der Waals surface area (Å²) >= 11 is 9.57. The molecule has 0 aliphatic heterocycles. The van der Waals surface area contributed by atoms with Gasteiger partial charge < -0.3 is 0 Å². The highest BCUT2D eigenvalue weighted by Crippen LogP contribution is 2.29. The maximum absolute atomic E-state index is 6.19. The minimum absolute atomic E-state index is 0.669. The number of fused-ring (bicyclic) bond motifs is 1. The van der Waals surface area contributed by atoms with Gasteiger partial charge in [-0.1, -0.05) is 33.6 Å². The molecule has 3 rings (SSSR count). The molecule has 5 heteroatoms. The second-order valence-corrected chi connectivity index (χ2v) is 4.90. The summed E-state index contributed by atoms with van der Waals surface area (Å²) < 4.78 is 2.68. The van der Waals surface area contributed by atoms with Gasteiger partial charge in [-0.3, -0.25) is 0 Å². The van der Waals surface area contributed by atoms with Crippen molar-refractivity contribution >= 4 is 33.2 Å². The molecule has 0 saturated heterocycles. The second-order valence-electron chi connectivity index (χ2n) is 3.58. The predicted molar refractivity (Wildman–Crippen MR) is 71.1 cm³/mol. The van der Waals surface area contributed by atoms with Crippen LogP contribution in [0.5, 0.6) is 0 Å². The molecule has 0 fully saturated rings. The van der Waals surface area contributed by atoms with Gasteiger partial charge in [0, 0.05) is 28.5 Å². The Labute approximate surface area is 111 Å². The predicted octanol–water partition coefficient (Wildman–Crippen LogP) is 3.81. The lowest BCUT2D eigenvalue weighted by molar-refractivity contribution is 0.943. The fraction of sp³-hybridized carbons (Fsp3) is 0. The second kappa shape index (κ2) is 4.13. The SMILES string of the molecule is Clc1cc(Br)ccc1-c1cc2ncccn2n1. The highest BCUT2D eigenvalue weighted by Gasteiger charge is 2.08. The number of rotatable bonds is 1. The highest BCUT2D eigenvalue weighted by atomic mass is 79.9. The van der Waals surface area contributed by atoms with Gasteiger partial charge in [0.15, 0.2) is 5.65 Å². The van der Waals surface area contributed by atoms with Crippen LogP contribution < -0.4 is 0 Å². The van der Waals surface area contributed by atoms with Crippen molar-refractivity contribution in [3.63, 3.8) is 0 Å². The van der Waals surface area contributed by atoms with Crippen LogP contribution in [0.15, 0.2) is 47.2 Å². The first-order chi connectivity index (χ1) is 8.24. The van der Waals surface area contributed by atoms with Crippen molar-refractivity contribution in [2.45, 2.75) is 0 Å². The first-order valence-corrected chi connectivity index (χ1v) is 6.17. The summed E-state index contributed by atoms with van der Waals surface area (Å²) in [7, 11) is 0. The molecule has 0 aliphatic rings. The van der Waals surface area contributed by atoms with Crippen molar-refractivity contribution in [3.05, 3.63) is 52.2 Å². The van der Waals surface area contributed by atoms with Crippen LogP contribution in [-0.4, -0.2) is 14.6 Å². The number of benzene rings is 1. The Kier molecular flexibility index (Phi) is 2.61. The lowest BCUT2D eigenvalue weighted by Gasteiger charge is -2.00. The third-order valence-electron chi connectivity index (χ3n) is 2.44. The fourth-order valence-corrected chi connectivity index (χ4v) is 2.43. The third-order valence-corrected chi connectivity index (χ3v) is 3.25. The van der Waals surface area contributed by atoms with Crippen LogP contribution in [0.4, 0.5) is 0 Å². The van der Waals surface area contributed by atoms with Crippen LogP contribution in [0, 0.1) is 0 Å². The van der Waals surface area contributed by atoms with Crippen LogP contribution in [0.3, 0.4) is 0 Å². The molecule has 3 aromatic rings. The number of hydrogen-bond donors (Lipinski definition) is 0. The maximum atomic E-state index is 6.19. The summed E-state index contributed by atoms with van der Waals surface area (Å²) in [4.78, 5) is 4.22. The number of nitrogens with zero attached hydrogens (tertiary/aromatic N) is 3. The monoisotopic (exact) mass is 307 g/mol. The smallest absolute Gasteiger partial charge is 0.155 e. The minimum Gasteiger partial charge on any atom is -0.237 e. The van der Waals surface area contributed by atoms with Crippen LogP contribution in [-0.2, 0) is 0 Å². The number of halogens is 2. The minimum atomic E-state index is 0.669. The van der Waals surface area contributed by atoms with Crippen molar-refractivity contribution in [3.8, 4) is 11.3 Å². The largest absolute Gasteiger partial charge is 0.237 e. The van der Waals surface area contributed by atoms with Gasteiger partial charge in [0.2, 0.25) is 0 Å². The molecule has 0 N–H and O–H groups in total. The summed E-state index contributed by atoms with van der Waals surface area (Å²) in [6, 6.07) is 9.49. The highest BCUT2D eigenvalue weighted by molar-refractivity contribution is 9.10. The van der Waals surface area contributed by atoms with Gasteiger partial charge in [-0.15, -0.1) is 0 Å². The quantitative estimate of drug-likeness (QED) is 0.684. The van der Waals surface area contributed by atoms with Gasteiger partial charge in [-0.05, 0) is 18.2 Å². The molecule has 2 aromatic heterocycles. The molecule has 0 atom stereocenters. The van der Waals surface area contributed by atoms with E-state index in [1.54, 1.807) is 10.7 Å². The summed E-state index contributed by atoms with van der Waals surface area (Å²) in [6.45, 7) is 0. The molecule has 84 valence electrons. The molecular formula is C12H7BrClN3. The summed E-state index contributed by atoms with van der Waals surface area (Å²) in [6.07, 6.45) is 3.60. The molecule has 0 aliphatic carbocycles. The summed E-state index contributed by atoms with van der Waals surface area (Å²) in [5, 5.41) is 5.10. The summed E-state index contributed by atoms with van der Waals surface area (Å²) in [5.74, 6) is 0. The Balaban J connectivity index is 2.20. The maximum Gasteiger partial charge on any atom is 0.155 e. The lowest BCUT2D eigenvalue weighted by Crippen LogP contribution is -1.87. The van der Waals surface area contributed by atoms with E-state index in [4.69, 9.17) is 11.6 Å². The molecule has 0 amide bonds. The van der Waals surface area contributed by atoms with E-state index in [-0.39, 0.29) is 0 Å². The van der Waals surface area contributed by atoms with E-state index in [1.165, 1.54) is 0 Å². The van der Waals surface area contributed by atoms with E-state index in [2.05, 4.69) is 26.0 Å². The van der Waals surface area contributed by atoms with E-state index in [0.29, 0.717) is 5.02 Å². The molecule has 3 nitrogen and oxygen atoms in total. The van der Waals surface area contributed by atoms with Crippen molar-refractivity contribution in [2.75, 3.05) is 0 Å². The Morgan fingerprint density at radius 3 is 2.88 bits per heavy atom. The molecular weight excluding hydrogens is 302 g/mol. The fourth-order valence-electron chi connectivity index (χ4n) is 1.66. The average Bonchev–Trinajstić information content (AvgIpc) is 2.72. The zero-order valence-electron chi connectivity index (χ0n) is 8.64. The number of hydrogen-bond acceptors (Lipinski definition) is 2. The molecule has 0 bridgehead atoms. The zero-order valence-corrected chi connectivity index (χ0v) is 11.0. The Bertz CT molecular complexity index is 660. The van der Waals surface area contributed by atoms with Gasteiger partial charge in [0.05, 0.1) is 10.7 Å². The van der Waals surface area contributed by atoms with Crippen LogP contribution in [0.2, 0.25) is 5.02 Å². The van der Waals surface area contributed by atoms with Crippen LogP contribution >= 0.6 is 27.5 Å². The number of aromatic nitrogens is 3. The molecule has 0 saturated carbocycles. The zero-order chi connectivity index (χ0) is 11.8. The van der Waals surface area contributed by atoms with Crippen molar-refractivity contribution in [1.29, 1.82) is 0 Å². The molecule has 1 aromatic carbocycles. The Morgan fingerprint density at radius 2 is 2.12 bits per heavy atom. The van der Waals surface area contributed by atoms with E-state index >= 15 is 0 Å². The van der Waals surface area contributed by atoms with Crippen molar-refractivity contribution in [1.82, 2.24) is 14.6 Å². The average molecular weight is 309 g/mol. The van der Waals surface area contributed by atoms with Gasteiger partial charge in [-0.2, -0.15) is 5.10 Å². The third kappa shape index (κ3) is 1.94. The van der Waals surface area contributed by atoms with Gasteiger partial charge in [0.1, 0.15) is 0 Å². The Hall–Kier alpha value is -1.39. The van der Waals surface area contributed by atoms with E-state index < -0.39 is 0 Å². The first-order valence-electron chi connectivity index (χ1n) is 5.00. The Morgan fingerprint density at radius 1 is 1.24 bits per heavy atom. The molecule has 17 heavy (non-hydrogen) atoms. The van der Waals surface area contributed by atoms with Crippen LogP contribution in [0.1, 0.15) is 0 Å².